The number of amides is 2. The zero-order valence-electron chi connectivity index (χ0n) is 21.8. The highest BCUT2D eigenvalue weighted by Gasteiger charge is 2.76. The van der Waals surface area contributed by atoms with Gasteiger partial charge in [-0.25, -0.2) is 0 Å². The van der Waals surface area contributed by atoms with Crippen LogP contribution >= 0.6 is 11.8 Å². The van der Waals surface area contributed by atoms with Crippen molar-refractivity contribution in [3.05, 3.63) is 42.5 Å². The van der Waals surface area contributed by atoms with E-state index in [-0.39, 0.29) is 48.1 Å². The normalized spacial score (nSPS) is 31.1. The van der Waals surface area contributed by atoms with Gasteiger partial charge < -0.3 is 20.1 Å². The van der Waals surface area contributed by atoms with Crippen LogP contribution in [0.5, 0.6) is 0 Å². The first-order valence-corrected chi connectivity index (χ1v) is 14.2. The highest BCUT2D eigenvalue weighted by atomic mass is 32.2. The molecule has 3 aliphatic rings. The lowest BCUT2D eigenvalue weighted by Crippen LogP contribution is -2.57. The van der Waals surface area contributed by atoms with Gasteiger partial charge in [-0.1, -0.05) is 51.1 Å². The molecular weight excluding hydrogens is 488 g/mol. The second kappa shape index (κ2) is 9.95. The van der Waals surface area contributed by atoms with Crippen molar-refractivity contribution in [3.8, 4) is 0 Å². The Bertz CT molecular complexity index is 1220. The SMILES string of the molecule is CCOC(=O)[C@@H]1[C@H]2C(=O)N([C@@H](CO)CC(C)C)C(C(=O)Nc3ccc4ccccc4c3)C23S[C@@H]1CC3C. The molecule has 0 aromatic heterocycles. The van der Waals surface area contributed by atoms with E-state index >= 15 is 0 Å². The molecule has 198 valence electrons. The first kappa shape index (κ1) is 26.0. The summed E-state index contributed by atoms with van der Waals surface area (Å²) in [7, 11) is 0. The topological polar surface area (TPSA) is 95.9 Å². The molecule has 5 rings (SSSR count). The van der Waals surface area contributed by atoms with Crippen LogP contribution in [0.4, 0.5) is 5.69 Å². The Morgan fingerprint density at radius 3 is 2.62 bits per heavy atom. The number of hydrogen-bond acceptors (Lipinski definition) is 6. The van der Waals surface area contributed by atoms with Crippen LogP contribution in [0.1, 0.15) is 40.5 Å². The molecule has 3 unspecified atom stereocenters. The summed E-state index contributed by atoms with van der Waals surface area (Å²) in [6.07, 6.45) is 1.32. The molecule has 0 saturated carbocycles. The molecule has 3 aliphatic heterocycles. The number of esters is 1. The van der Waals surface area contributed by atoms with Crippen molar-refractivity contribution in [2.75, 3.05) is 18.5 Å². The highest BCUT2D eigenvalue weighted by Crippen LogP contribution is 2.69. The maximum absolute atomic E-state index is 14.2. The van der Waals surface area contributed by atoms with E-state index in [1.807, 2.05) is 56.3 Å². The number of aliphatic hydroxyl groups excluding tert-OH is 1. The minimum atomic E-state index is -0.795. The summed E-state index contributed by atoms with van der Waals surface area (Å²) in [5, 5.41) is 15.5. The van der Waals surface area contributed by atoms with E-state index < -0.39 is 28.7 Å². The van der Waals surface area contributed by atoms with Gasteiger partial charge in [-0.15, -0.1) is 11.8 Å². The predicted octanol–water partition coefficient (Wildman–Crippen LogP) is 4.09. The number of fused-ring (bicyclic) bond motifs is 2. The molecule has 2 N–H and O–H groups in total. The van der Waals surface area contributed by atoms with E-state index in [1.165, 1.54) is 0 Å². The van der Waals surface area contributed by atoms with Crippen LogP contribution in [0, 0.1) is 23.7 Å². The van der Waals surface area contributed by atoms with Gasteiger partial charge in [-0.2, -0.15) is 0 Å². The van der Waals surface area contributed by atoms with Crippen LogP contribution in [-0.2, 0) is 19.1 Å². The van der Waals surface area contributed by atoms with Crippen LogP contribution in [0.3, 0.4) is 0 Å². The van der Waals surface area contributed by atoms with E-state index in [9.17, 15) is 19.5 Å². The maximum atomic E-state index is 14.2. The van der Waals surface area contributed by atoms with Gasteiger partial charge in [0.15, 0.2) is 0 Å². The molecule has 8 heteroatoms. The third kappa shape index (κ3) is 4.13. The molecule has 37 heavy (non-hydrogen) atoms. The van der Waals surface area contributed by atoms with Gasteiger partial charge in [0.25, 0.3) is 0 Å². The number of nitrogens with zero attached hydrogens (tertiary/aromatic N) is 1. The Kier molecular flexibility index (Phi) is 7.00. The fourth-order valence-electron chi connectivity index (χ4n) is 6.96. The minimum absolute atomic E-state index is 0.0536. The maximum Gasteiger partial charge on any atom is 0.310 e. The molecule has 3 heterocycles. The molecule has 2 aromatic carbocycles. The lowest BCUT2D eigenvalue weighted by Gasteiger charge is -2.40. The first-order chi connectivity index (χ1) is 17.7. The number of carbonyl (C=O) groups excluding carboxylic acids is 3. The Labute approximate surface area is 222 Å². The molecule has 0 aliphatic carbocycles. The number of anilines is 1. The van der Waals surface area contributed by atoms with Crippen molar-refractivity contribution < 1.29 is 24.2 Å². The van der Waals surface area contributed by atoms with Crippen molar-refractivity contribution in [2.45, 2.75) is 62.6 Å². The summed E-state index contributed by atoms with van der Waals surface area (Å²) in [6, 6.07) is 12.4. The number of carbonyl (C=O) groups is 3. The molecule has 2 bridgehead atoms. The molecular formula is C29H36N2O5S. The van der Waals surface area contributed by atoms with Crippen LogP contribution in [0.2, 0.25) is 0 Å². The molecule has 0 radical (unpaired) electrons. The largest absolute Gasteiger partial charge is 0.466 e. The van der Waals surface area contributed by atoms with Gasteiger partial charge in [0.05, 0.1) is 35.8 Å². The summed E-state index contributed by atoms with van der Waals surface area (Å²) in [5.41, 5.74) is 0.660. The number of rotatable bonds is 8. The fourth-order valence-corrected chi connectivity index (χ4v) is 9.35. The number of likely N-dealkylation sites (tertiary alicyclic amines) is 1. The third-order valence-corrected chi connectivity index (χ3v) is 10.4. The first-order valence-electron chi connectivity index (χ1n) is 13.3. The van der Waals surface area contributed by atoms with E-state index in [0.717, 1.165) is 17.2 Å². The van der Waals surface area contributed by atoms with Gasteiger partial charge >= 0.3 is 5.97 Å². The molecule has 1 spiro atoms. The lowest BCUT2D eigenvalue weighted by molar-refractivity contribution is -0.154. The molecule has 2 amide bonds. The smallest absolute Gasteiger partial charge is 0.310 e. The van der Waals surface area contributed by atoms with Crippen molar-refractivity contribution in [3.63, 3.8) is 0 Å². The van der Waals surface area contributed by atoms with Crippen LogP contribution in [0.15, 0.2) is 42.5 Å². The minimum Gasteiger partial charge on any atom is -0.466 e. The zero-order valence-corrected chi connectivity index (χ0v) is 22.7. The molecule has 7 nitrogen and oxygen atoms in total. The molecule has 3 fully saturated rings. The number of thioether (sulfide) groups is 1. The van der Waals surface area contributed by atoms with Crippen molar-refractivity contribution in [1.29, 1.82) is 0 Å². The van der Waals surface area contributed by atoms with E-state index in [2.05, 4.69) is 12.2 Å². The van der Waals surface area contributed by atoms with Gasteiger partial charge in [-0.3, -0.25) is 14.4 Å². The summed E-state index contributed by atoms with van der Waals surface area (Å²) in [6.45, 7) is 7.94. The Morgan fingerprint density at radius 2 is 1.95 bits per heavy atom. The van der Waals surface area contributed by atoms with Gasteiger partial charge in [-0.05, 0) is 54.5 Å². The number of ether oxygens (including phenoxy) is 1. The monoisotopic (exact) mass is 524 g/mol. The van der Waals surface area contributed by atoms with Gasteiger partial charge in [0.1, 0.15) is 6.04 Å². The van der Waals surface area contributed by atoms with Crippen LogP contribution in [0.25, 0.3) is 10.8 Å². The highest BCUT2D eigenvalue weighted by molar-refractivity contribution is 8.02. The number of aliphatic hydroxyl groups is 1. The lowest BCUT2D eigenvalue weighted by atomic mass is 9.66. The summed E-state index contributed by atoms with van der Waals surface area (Å²) in [4.78, 5) is 43.1. The van der Waals surface area contributed by atoms with E-state index in [4.69, 9.17) is 4.74 Å². The zero-order chi connectivity index (χ0) is 26.5. The summed E-state index contributed by atoms with van der Waals surface area (Å²) >= 11 is 1.62. The van der Waals surface area contributed by atoms with Crippen LogP contribution < -0.4 is 5.32 Å². The average molecular weight is 525 g/mol. The molecule has 2 aromatic rings. The van der Waals surface area contributed by atoms with Crippen LogP contribution in [-0.4, -0.2) is 63.1 Å². The predicted molar refractivity (Wildman–Crippen MR) is 145 cm³/mol. The standard InChI is InChI=1S/C29H36N2O5S/c1-5-36-28(35)23-22-13-17(4)29(37-22)24(23)27(34)31(21(15-32)12-16(2)3)25(29)26(33)30-20-11-10-18-8-6-7-9-19(18)14-20/h6-11,14,16-17,21-25,32H,5,12-13,15H2,1-4H3,(H,30,33)/t17?,21-,22-,23+,24+,25?,29?/m1/s1. The Hall–Kier alpha value is -2.58. The number of nitrogens with one attached hydrogen (secondary N) is 1. The fraction of sp³-hybridized carbons (Fsp3) is 0.552. The summed E-state index contributed by atoms with van der Waals surface area (Å²) in [5.74, 6) is -1.78. The number of benzene rings is 2. The van der Waals surface area contributed by atoms with E-state index in [0.29, 0.717) is 12.1 Å². The average Bonchev–Trinajstić information content (AvgIpc) is 3.46. The second-order valence-corrected chi connectivity index (χ2v) is 12.6. The quantitative estimate of drug-likeness (QED) is 0.505. The van der Waals surface area contributed by atoms with Gasteiger partial charge in [0, 0.05) is 10.9 Å². The second-order valence-electron chi connectivity index (χ2n) is 11.1. The number of hydrogen-bond donors (Lipinski definition) is 2. The van der Waals surface area contributed by atoms with Crippen molar-refractivity contribution in [1.82, 2.24) is 4.90 Å². The van der Waals surface area contributed by atoms with Crippen molar-refractivity contribution in [2.24, 2.45) is 23.7 Å². The van der Waals surface area contributed by atoms with Crippen molar-refractivity contribution >= 4 is 46.0 Å². The Morgan fingerprint density at radius 1 is 1.22 bits per heavy atom. The molecule has 3 saturated heterocycles. The molecule has 7 atom stereocenters. The van der Waals surface area contributed by atoms with Gasteiger partial charge in [0.2, 0.25) is 11.8 Å². The summed E-state index contributed by atoms with van der Waals surface area (Å²) < 4.78 is 4.67. The third-order valence-electron chi connectivity index (χ3n) is 8.36. The van der Waals surface area contributed by atoms with E-state index in [1.54, 1.807) is 23.6 Å². The Balaban J connectivity index is 1.56.